The molecule has 2 heterocycles. The van der Waals surface area contributed by atoms with E-state index in [9.17, 15) is 9.59 Å². The summed E-state index contributed by atoms with van der Waals surface area (Å²) in [5, 5.41) is 8.72. The van der Waals surface area contributed by atoms with Gasteiger partial charge in [0.1, 0.15) is 11.4 Å². The topological polar surface area (TPSA) is 68.3 Å². The highest BCUT2D eigenvalue weighted by atomic mass is 32.1. The molecular weight excluding hydrogens is 372 g/mol. The van der Waals surface area contributed by atoms with E-state index in [4.69, 9.17) is 4.74 Å². The molecule has 1 unspecified atom stereocenters. The Kier molecular flexibility index (Phi) is 6.09. The number of ketones is 1. The van der Waals surface area contributed by atoms with Crippen LogP contribution in [0, 0.1) is 0 Å². The highest BCUT2D eigenvalue weighted by molar-refractivity contribution is 7.08. The molecule has 0 spiro atoms. The Bertz CT molecular complexity index is 961. The van der Waals surface area contributed by atoms with Crippen molar-refractivity contribution < 1.29 is 14.3 Å². The van der Waals surface area contributed by atoms with E-state index >= 15 is 0 Å². The van der Waals surface area contributed by atoms with Crippen LogP contribution < -0.4 is 5.32 Å². The first-order valence-corrected chi connectivity index (χ1v) is 10.1. The Balaban J connectivity index is 1.72. The summed E-state index contributed by atoms with van der Waals surface area (Å²) < 4.78 is 5.29. The maximum Gasteiger partial charge on any atom is 0.407 e. The standard InChI is InChI=1S/C22H24N2O3S/c1-22(2,3)27-21(26)24-13-19(18-7-9-28-14-18)20(25)11-15-4-5-17-12-23-8-6-16(17)10-15/h4-10,12,14,19H,11,13H2,1-3H3,(H,24,26). The molecule has 0 aliphatic rings. The number of fused-ring (bicyclic) bond motifs is 1. The van der Waals surface area contributed by atoms with Crippen molar-refractivity contribution >= 4 is 34.0 Å². The molecule has 0 aliphatic heterocycles. The van der Waals surface area contributed by atoms with Gasteiger partial charge in [-0.3, -0.25) is 9.78 Å². The number of pyridine rings is 1. The second kappa shape index (κ2) is 8.52. The van der Waals surface area contributed by atoms with Gasteiger partial charge in [0.25, 0.3) is 0 Å². The van der Waals surface area contributed by atoms with Crippen LogP contribution in [0.15, 0.2) is 53.5 Å². The summed E-state index contributed by atoms with van der Waals surface area (Å²) in [4.78, 5) is 29.2. The fourth-order valence-electron chi connectivity index (χ4n) is 2.96. The Morgan fingerprint density at radius 2 is 2.00 bits per heavy atom. The van der Waals surface area contributed by atoms with E-state index in [1.54, 1.807) is 12.4 Å². The van der Waals surface area contributed by atoms with Crippen LogP contribution in [0.2, 0.25) is 0 Å². The summed E-state index contributed by atoms with van der Waals surface area (Å²) in [6.45, 7) is 5.64. The Morgan fingerprint density at radius 1 is 1.18 bits per heavy atom. The third-order valence-electron chi connectivity index (χ3n) is 4.27. The normalized spacial score (nSPS) is 12.5. The monoisotopic (exact) mass is 396 g/mol. The number of aromatic nitrogens is 1. The van der Waals surface area contributed by atoms with Crippen molar-refractivity contribution in [3.05, 3.63) is 64.6 Å². The number of alkyl carbamates (subject to hydrolysis) is 1. The minimum absolute atomic E-state index is 0.0582. The summed E-state index contributed by atoms with van der Waals surface area (Å²) >= 11 is 1.53. The number of Topliss-reactive ketones (excluding diaryl/α,β-unsaturated/α-hetero) is 1. The largest absolute Gasteiger partial charge is 0.444 e. The second-order valence-corrected chi connectivity index (χ2v) is 8.47. The van der Waals surface area contributed by atoms with E-state index in [0.717, 1.165) is 21.9 Å². The summed E-state index contributed by atoms with van der Waals surface area (Å²) in [5.41, 5.74) is 1.28. The maximum absolute atomic E-state index is 13.0. The first-order chi connectivity index (χ1) is 13.3. The van der Waals surface area contributed by atoms with E-state index in [0.29, 0.717) is 6.42 Å². The molecule has 1 N–H and O–H groups in total. The molecule has 146 valence electrons. The number of hydrogen-bond acceptors (Lipinski definition) is 5. The lowest BCUT2D eigenvalue weighted by atomic mass is 9.92. The van der Waals surface area contributed by atoms with E-state index in [-0.39, 0.29) is 12.3 Å². The molecule has 0 radical (unpaired) electrons. The molecule has 3 rings (SSSR count). The van der Waals surface area contributed by atoms with E-state index < -0.39 is 17.6 Å². The summed E-state index contributed by atoms with van der Waals surface area (Å²) in [6.07, 6.45) is 3.33. The summed E-state index contributed by atoms with van der Waals surface area (Å²) in [6, 6.07) is 9.80. The second-order valence-electron chi connectivity index (χ2n) is 7.69. The number of benzene rings is 1. The minimum Gasteiger partial charge on any atom is -0.444 e. The molecule has 0 saturated heterocycles. The lowest BCUT2D eigenvalue weighted by molar-refractivity contribution is -0.119. The van der Waals surface area contributed by atoms with Crippen LogP contribution in [-0.4, -0.2) is 29.0 Å². The van der Waals surface area contributed by atoms with E-state index in [1.165, 1.54) is 11.3 Å². The molecule has 28 heavy (non-hydrogen) atoms. The number of amides is 1. The van der Waals surface area contributed by atoms with Gasteiger partial charge in [0, 0.05) is 30.7 Å². The maximum atomic E-state index is 13.0. The molecule has 5 nitrogen and oxygen atoms in total. The van der Waals surface area contributed by atoms with E-state index in [2.05, 4.69) is 10.3 Å². The molecule has 0 aliphatic carbocycles. The highest BCUT2D eigenvalue weighted by Crippen LogP contribution is 2.23. The van der Waals surface area contributed by atoms with Gasteiger partial charge in [-0.05, 0) is 60.2 Å². The van der Waals surface area contributed by atoms with Crippen LogP contribution in [0.1, 0.15) is 37.8 Å². The van der Waals surface area contributed by atoms with Crippen molar-refractivity contribution in [3.8, 4) is 0 Å². The molecule has 2 aromatic heterocycles. The van der Waals surface area contributed by atoms with Crippen LogP contribution in [0.5, 0.6) is 0 Å². The Labute approximate surface area is 168 Å². The van der Waals surface area contributed by atoms with Crippen molar-refractivity contribution in [1.82, 2.24) is 10.3 Å². The van der Waals surface area contributed by atoms with Crippen molar-refractivity contribution in [2.75, 3.05) is 6.54 Å². The Morgan fingerprint density at radius 3 is 2.71 bits per heavy atom. The smallest absolute Gasteiger partial charge is 0.407 e. The van der Waals surface area contributed by atoms with Gasteiger partial charge >= 0.3 is 6.09 Å². The van der Waals surface area contributed by atoms with Gasteiger partial charge in [-0.15, -0.1) is 0 Å². The van der Waals surface area contributed by atoms with Crippen molar-refractivity contribution in [2.45, 2.75) is 38.7 Å². The molecular formula is C22H24N2O3S. The van der Waals surface area contributed by atoms with E-state index in [1.807, 2.05) is 61.9 Å². The first kappa shape index (κ1) is 20.0. The number of carbonyl (C=O) groups is 2. The number of nitrogens with zero attached hydrogens (tertiary/aromatic N) is 1. The number of hydrogen-bond donors (Lipinski definition) is 1. The number of thiophene rings is 1. The highest BCUT2D eigenvalue weighted by Gasteiger charge is 2.24. The molecule has 6 heteroatoms. The fourth-order valence-corrected chi connectivity index (χ4v) is 3.67. The van der Waals surface area contributed by atoms with Gasteiger partial charge in [-0.25, -0.2) is 4.79 Å². The summed E-state index contributed by atoms with van der Waals surface area (Å²) in [5.74, 6) is -0.352. The predicted molar refractivity (Wildman–Crippen MR) is 112 cm³/mol. The van der Waals surface area contributed by atoms with Crippen LogP contribution in [0.3, 0.4) is 0 Å². The predicted octanol–water partition coefficient (Wildman–Crippen LogP) is 4.72. The molecule has 0 saturated carbocycles. The minimum atomic E-state index is -0.577. The van der Waals surface area contributed by atoms with Gasteiger partial charge in [0.2, 0.25) is 0 Å². The number of carbonyl (C=O) groups excluding carboxylic acids is 2. The number of ether oxygens (including phenoxy) is 1. The molecule has 0 bridgehead atoms. The Hall–Kier alpha value is -2.73. The quantitative estimate of drug-likeness (QED) is 0.655. The van der Waals surface area contributed by atoms with Crippen molar-refractivity contribution in [3.63, 3.8) is 0 Å². The van der Waals surface area contributed by atoms with Crippen LogP contribution in [0.25, 0.3) is 10.8 Å². The van der Waals surface area contributed by atoms with Crippen LogP contribution in [0.4, 0.5) is 4.79 Å². The van der Waals surface area contributed by atoms with Gasteiger partial charge in [-0.2, -0.15) is 11.3 Å². The lowest BCUT2D eigenvalue weighted by Gasteiger charge is -2.21. The third kappa shape index (κ3) is 5.39. The molecule has 1 aromatic carbocycles. The zero-order chi connectivity index (χ0) is 20.1. The average Bonchev–Trinajstić information content (AvgIpc) is 3.14. The SMILES string of the molecule is CC(C)(C)OC(=O)NCC(C(=O)Cc1ccc2cnccc2c1)c1ccsc1. The first-order valence-electron chi connectivity index (χ1n) is 9.16. The van der Waals surface area contributed by atoms with Gasteiger partial charge in [0.15, 0.2) is 0 Å². The number of nitrogens with one attached hydrogen (secondary N) is 1. The third-order valence-corrected chi connectivity index (χ3v) is 4.97. The molecule has 3 aromatic rings. The lowest BCUT2D eigenvalue weighted by Crippen LogP contribution is -2.36. The van der Waals surface area contributed by atoms with Gasteiger partial charge < -0.3 is 10.1 Å². The average molecular weight is 397 g/mol. The van der Waals surface area contributed by atoms with Gasteiger partial charge in [-0.1, -0.05) is 18.2 Å². The van der Waals surface area contributed by atoms with Crippen LogP contribution in [-0.2, 0) is 16.0 Å². The summed E-state index contributed by atoms with van der Waals surface area (Å²) in [7, 11) is 0. The molecule has 0 fully saturated rings. The van der Waals surface area contributed by atoms with Crippen molar-refractivity contribution in [1.29, 1.82) is 0 Å². The van der Waals surface area contributed by atoms with Gasteiger partial charge in [0.05, 0.1) is 5.92 Å². The number of rotatable bonds is 6. The zero-order valence-electron chi connectivity index (χ0n) is 16.3. The molecule has 1 amide bonds. The zero-order valence-corrected chi connectivity index (χ0v) is 17.1. The van der Waals surface area contributed by atoms with Crippen LogP contribution >= 0.6 is 11.3 Å². The molecule has 1 atom stereocenters. The van der Waals surface area contributed by atoms with Crippen molar-refractivity contribution in [2.24, 2.45) is 0 Å². The fraction of sp³-hybridized carbons (Fsp3) is 0.318.